The highest BCUT2D eigenvalue weighted by Gasteiger charge is 2.11. The summed E-state index contributed by atoms with van der Waals surface area (Å²) in [6.07, 6.45) is 0.312. The highest BCUT2D eigenvalue weighted by atomic mass is 79.9. The molecule has 0 saturated carbocycles. The Kier molecular flexibility index (Phi) is 4.35. The van der Waals surface area contributed by atoms with Crippen molar-refractivity contribution >= 4 is 15.9 Å². The van der Waals surface area contributed by atoms with Gasteiger partial charge in [0.15, 0.2) is 0 Å². The zero-order valence-electron chi connectivity index (χ0n) is 7.97. The van der Waals surface area contributed by atoms with Gasteiger partial charge in [0.05, 0.1) is 13.8 Å². The molecule has 0 aromatic heterocycles. The van der Waals surface area contributed by atoms with Crippen molar-refractivity contribution in [1.82, 2.24) is 0 Å². The number of alkyl halides is 1. The average molecular weight is 262 g/mol. The van der Waals surface area contributed by atoms with E-state index in [4.69, 9.17) is 10.5 Å². The van der Waals surface area contributed by atoms with Gasteiger partial charge in [-0.3, -0.25) is 4.39 Å². The summed E-state index contributed by atoms with van der Waals surface area (Å²) < 4.78 is 18.2. The average Bonchev–Trinajstić information content (AvgIpc) is 2.18. The van der Waals surface area contributed by atoms with Crippen LogP contribution in [0.1, 0.15) is 18.0 Å². The molecule has 1 aromatic carbocycles. The second-order valence-corrected chi connectivity index (χ2v) is 3.89. The van der Waals surface area contributed by atoms with Crippen LogP contribution in [0.3, 0.4) is 0 Å². The molecule has 0 aliphatic carbocycles. The lowest BCUT2D eigenvalue weighted by Crippen LogP contribution is -2.12. The monoisotopic (exact) mass is 261 g/mol. The Balaban J connectivity index is 2.97. The Hall–Kier alpha value is -0.610. The zero-order valence-corrected chi connectivity index (χ0v) is 9.55. The van der Waals surface area contributed by atoms with E-state index in [1.54, 1.807) is 7.11 Å². The van der Waals surface area contributed by atoms with Crippen LogP contribution in [0.5, 0.6) is 5.75 Å². The fourth-order valence-electron chi connectivity index (χ4n) is 1.27. The third kappa shape index (κ3) is 2.69. The molecule has 0 fully saturated rings. The minimum absolute atomic E-state index is 0.312. The second-order valence-electron chi connectivity index (χ2n) is 2.97. The van der Waals surface area contributed by atoms with E-state index in [0.29, 0.717) is 12.2 Å². The van der Waals surface area contributed by atoms with Crippen LogP contribution in [-0.4, -0.2) is 13.8 Å². The highest BCUT2D eigenvalue weighted by molar-refractivity contribution is 9.10. The van der Waals surface area contributed by atoms with Crippen molar-refractivity contribution in [2.24, 2.45) is 5.73 Å². The quantitative estimate of drug-likeness (QED) is 0.905. The van der Waals surface area contributed by atoms with Crippen LogP contribution in [-0.2, 0) is 0 Å². The largest absolute Gasteiger partial charge is 0.496 e. The van der Waals surface area contributed by atoms with E-state index in [9.17, 15) is 4.39 Å². The maximum atomic E-state index is 12.1. The van der Waals surface area contributed by atoms with Crippen LogP contribution in [0, 0.1) is 0 Å². The molecule has 78 valence electrons. The first kappa shape index (κ1) is 11.5. The smallest absolute Gasteiger partial charge is 0.123 e. The lowest BCUT2D eigenvalue weighted by molar-refractivity contribution is 0.395. The Labute approximate surface area is 91.4 Å². The van der Waals surface area contributed by atoms with Gasteiger partial charge in [-0.1, -0.05) is 15.9 Å². The predicted octanol–water partition coefficient (Wildman–Crippen LogP) is 2.82. The number of hydrogen-bond acceptors (Lipinski definition) is 2. The Morgan fingerprint density at radius 3 is 2.86 bits per heavy atom. The third-order valence-electron chi connectivity index (χ3n) is 2.01. The van der Waals surface area contributed by atoms with Crippen LogP contribution >= 0.6 is 15.9 Å². The van der Waals surface area contributed by atoms with Crippen LogP contribution in [0.25, 0.3) is 0 Å². The van der Waals surface area contributed by atoms with Crippen LogP contribution in [0.2, 0.25) is 0 Å². The maximum absolute atomic E-state index is 12.1. The molecule has 1 atom stereocenters. The summed E-state index contributed by atoms with van der Waals surface area (Å²) in [5, 5.41) is 0. The first-order chi connectivity index (χ1) is 6.69. The van der Waals surface area contributed by atoms with E-state index in [-0.39, 0.29) is 6.04 Å². The van der Waals surface area contributed by atoms with Crippen molar-refractivity contribution in [2.45, 2.75) is 12.5 Å². The summed E-state index contributed by atoms with van der Waals surface area (Å²) in [4.78, 5) is 0. The van der Waals surface area contributed by atoms with Gasteiger partial charge in [0.1, 0.15) is 5.75 Å². The first-order valence-electron chi connectivity index (χ1n) is 4.34. The molecule has 0 heterocycles. The standard InChI is InChI=1S/C10H13BrFNO/c1-14-10-3-2-7(11)6-8(10)9(13)4-5-12/h2-3,6,9H,4-5,13H2,1H3/t9-/m1/s1. The van der Waals surface area contributed by atoms with Gasteiger partial charge in [-0.2, -0.15) is 0 Å². The van der Waals surface area contributed by atoms with E-state index < -0.39 is 6.67 Å². The molecule has 4 heteroatoms. The van der Waals surface area contributed by atoms with Gasteiger partial charge in [0.2, 0.25) is 0 Å². The second kappa shape index (κ2) is 5.32. The van der Waals surface area contributed by atoms with Gasteiger partial charge < -0.3 is 10.5 Å². The Bertz CT molecular complexity index is 306. The normalized spacial score (nSPS) is 12.6. The zero-order chi connectivity index (χ0) is 10.6. The molecular formula is C10H13BrFNO. The Morgan fingerprint density at radius 1 is 1.57 bits per heavy atom. The molecule has 1 aromatic rings. The molecule has 0 bridgehead atoms. The number of halogens is 2. The van der Waals surface area contributed by atoms with Gasteiger partial charge in [-0.05, 0) is 24.6 Å². The molecule has 0 radical (unpaired) electrons. The van der Waals surface area contributed by atoms with E-state index >= 15 is 0 Å². The molecule has 2 nitrogen and oxygen atoms in total. The molecule has 0 unspecified atom stereocenters. The molecule has 2 N–H and O–H groups in total. The molecule has 0 saturated heterocycles. The summed E-state index contributed by atoms with van der Waals surface area (Å²) in [6.45, 7) is -0.420. The fourth-order valence-corrected chi connectivity index (χ4v) is 1.65. The van der Waals surface area contributed by atoms with Crippen molar-refractivity contribution < 1.29 is 9.13 Å². The SMILES string of the molecule is COc1ccc(Br)cc1[C@H](N)CCF. The van der Waals surface area contributed by atoms with Crippen LogP contribution in [0.4, 0.5) is 4.39 Å². The summed E-state index contributed by atoms with van der Waals surface area (Å²) in [5.74, 6) is 0.703. The highest BCUT2D eigenvalue weighted by Crippen LogP contribution is 2.28. The summed E-state index contributed by atoms with van der Waals surface area (Å²) in [6, 6.07) is 5.23. The lowest BCUT2D eigenvalue weighted by Gasteiger charge is -2.14. The fraction of sp³-hybridized carbons (Fsp3) is 0.400. The van der Waals surface area contributed by atoms with E-state index in [1.165, 1.54) is 0 Å². The molecule has 0 aliphatic rings. The number of ether oxygens (including phenoxy) is 1. The lowest BCUT2D eigenvalue weighted by atomic mass is 10.0. The third-order valence-corrected chi connectivity index (χ3v) is 2.50. The summed E-state index contributed by atoms with van der Waals surface area (Å²) in [5.41, 5.74) is 6.64. The van der Waals surface area contributed by atoms with Crippen molar-refractivity contribution in [1.29, 1.82) is 0 Å². The Morgan fingerprint density at radius 2 is 2.29 bits per heavy atom. The number of nitrogens with two attached hydrogens (primary N) is 1. The van der Waals surface area contributed by atoms with Crippen molar-refractivity contribution in [2.75, 3.05) is 13.8 Å². The number of rotatable bonds is 4. The van der Waals surface area contributed by atoms with E-state index in [0.717, 1.165) is 10.0 Å². The molecule has 0 aliphatic heterocycles. The minimum Gasteiger partial charge on any atom is -0.496 e. The van der Waals surface area contributed by atoms with Crippen molar-refractivity contribution in [3.05, 3.63) is 28.2 Å². The summed E-state index contributed by atoms with van der Waals surface area (Å²) in [7, 11) is 1.58. The summed E-state index contributed by atoms with van der Waals surface area (Å²) >= 11 is 3.34. The van der Waals surface area contributed by atoms with Gasteiger partial charge >= 0.3 is 0 Å². The molecule has 14 heavy (non-hydrogen) atoms. The van der Waals surface area contributed by atoms with Gasteiger partial charge in [-0.25, -0.2) is 0 Å². The maximum Gasteiger partial charge on any atom is 0.123 e. The van der Waals surface area contributed by atoms with Crippen molar-refractivity contribution in [3.8, 4) is 5.75 Å². The number of methoxy groups -OCH3 is 1. The number of benzene rings is 1. The minimum atomic E-state index is -0.420. The van der Waals surface area contributed by atoms with Crippen LogP contribution < -0.4 is 10.5 Å². The number of hydrogen-bond donors (Lipinski definition) is 1. The van der Waals surface area contributed by atoms with E-state index in [1.807, 2.05) is 18.2 Å². The molecular weight excluding hydrogens is 249 g/mol. The van der Waals surface area contributed by atoms with Gasteiger partial charge in [0.25, 0.3) is 0 Å². The topological polar surface area (TPSA) is 35.2 Å². The van der Waals surface area contributed by atoms with Crippen LogP contribution in [0.15, 0.2) is 22.7 Å². The van der Waals surface area contributed by atoms with Gasteiger partial charge in [-0.15, -0.1) is 0 Å². The molecule has 1 rings (SSSR count). The molecule has 0 spiro atoms. The molecule has 0 amide bonds. The van der Waals surface area contributed by atoms with Crippen molar-refractivity contribution in [3.63, 3.8) is 0 Å². The van der Waals surface area contributed by atoms with Gasteiger partial charge in [0, 0.05) is 16.1 Å². The first-order valence-corrected chi connectivity index (χ1v) is 5.13. The predicted molar refractivity (Wildman–Crippen MR) is 58.2 cm³/mol. The van der Waals surface area contributed by atoms with E-state index in [2.05, 4.69) is 15.9 Å².